The molecule has 1 aliphatic carbocycles. The van der Waals surface area contributed by atoms with Gasteiger partial charge in [-0.1, -0.05) is 32.1 Å². The van der Waals surface area contributed by atoms with E-state index in [2.05, 4.69) is 37.0 Å². The number of hydrogen-bond donors (Lipinski definition) is 1. The first-order valence-electron chi connectivity index (χ1n) is 9.29. The molecule has 1 amide bonds. The summed E-state index contributed by atoms with van der Waals surface area (Å²) in [5.41, 5.74) is 6.44. The average molecular weight is 354 g/mol. The summed E-state index contributed by atoms with van der Waals surface area (Å²) < 4.78 is 5.68. The first-order chi connectivity index (χ1) is 12.4. The van der Waals surface area contributed by atoms with Crippen LogP contribution in [0.2, 0.25) is 0 Å². The minimum Gasteiger partial charge on any atom is -0.494 e. The van der Waals surface area contributed by atoms with E-state index < -0.39 is 0 Å². The highest BCUT2D eigenvalue weighted by molar-refractivity contribution is 6.02. The van der Waals surface area contributed by atoms with E-state index in [1.807, 2.05) is 26.0 Å². The Hall–Kier alpha value is -2.36. The average Bonchev–Trinajstić information content (AvgIpc) is 2.60. The summed E-state index contributed by atoms with van der Waals surface area (Å²) in [6.07, 6.45) is 4.99. The van der Waals surface area contributed by atoms with Crippen molar-refractivity contribution in [1.82, 2.24) is 5.43 Å². The molecule has 0 heterocycles. The van der Waals surface area contributed by atoms with E-state index in [0.717, 1.165) is 41.9 Å². The summed E-state index contributed by atoms with van der Waals surface area (Å²) in [5, 5.41) is 4.34. The van der Waals surface area contributed by atoms with Crippen LogP contribution in [0.4, 0.5) is 0 Å². The fourth-order valence-corrected chi connectivity index (χ4v) is 2.72. The Labute approximate surface area is 157 Å². The maximum absolute atomic E-state index is 12.3. The number of carbonyl (C=O) groups is 1. The molecule has 2 rings (SSSR count). The molecule has 0 radical (unpaired) electrons. The normalized spacial score (nSPS) is 18.6. The van der Waals surface area contributed by atoms with Crippen LogP contribution >= 0.6 is 0 Å². The van der Waals surface area contributed by atoms with Gasteiger partial charge in [0.2, 0.25) is 0 Å². The number of allylic oxidation sites excluding steroid dienone is 3. The number of rotatable bonds is 7. The van der Waals surface area contributed by atoms with Gasteiger partial charge in [-0.25, -0.2) is 5.43 Å². The number of amides is 1. The first kappa shape index (κ1) is 20.0. The lowest BCUT2D eigenvalue weighted by Gasteiger charge is -2.22. The monoisotopic (exact) mass is 354 g/mol. The Balaban J connectivity index is 1.94. The van der Waals surface area contributed by atoms with Crippen molar-refractivity contribution in [3.63, 3.8) is 0 Å². The molecule has 1 aromatic carbocycles. The van der Waals surface area contributed by atoms with Crippen LogP contribution in [-0.4, -0.2) is 18.2 Å². The van der Waals surface area contributed by atoms with Gasteiger partial charge in [0, 0.05) is 5.56 Å². The molecule has 1 aliphatic rings. The predicted molar refractivity (Wildman–Crippen MR) is 108 cm³/mol. The number of hydrogen-bond acceptors (Lipinski definition) is 3. The molecule has 0 spiro atoms. The number of nitrogens with zero attached hydrogens (tertiary/aromatic N) is 1. The highest BCUT2D eigenvalue weighted by Crippen LogP contribution is 2.26. The maximum Gasteiger partial charge on any atom is 0.271 e. The second kappa shape index (κ2) is 9.37. The van der Waals surface area contributed by atoms with Crippen molar-refractivity contribution in [2.75, 3.05) is 6.61 Å². The number of nitrogens with one attached hydrogen (secondary N) is 1. The standard InChI is InChI=1S/C22H30N2O2/c1-15(2)12-13-26-20-10-8-18(9-11-20)22(25)24-23-21-14-19(16(3)4)7-6-17(21)5/h6,8-11,15,19H,3,7,12-14H2,1-2,4-5H3,(H,24,25)/b23-21+. The highest BCUT2D eigenvalue weighted by Gasteiger charge is 2.19. The van der Waals surface area contributed by atoms with E-state index >= 15 is 0 Å². The van der Waals surface area contributed by atoms with E-state index in [0.29, 0.717) is 24.0 Å². The second-order valence-corrected chi connectivity index (χ2v) is 7.43. The van der Waals surface area contributed by atoms with Gasteiger partial charge in [-0.15, -0.1) is 0 Å². The zero-order valence-electron chi connectivity index (χ0n) is 16.3. The molecular formula is C22H30N2O2. The van der Waals surface area contributed by atoms with Crippen LogP contribution in [-0.2, 0) is 0 Å². The van der Waals surface area contributed by atoms with Crippen LogP contribution in [0.15, 0.2) is 53.2 Å². The summed E-state index contributed by atoms with van der Waals surface area (Å²) in [5.74, 6) is 1.58. The van der Waals surface area contributed by atoms with Crippen molar-refractivity contribution in [3.05, 3.63) is 53.6 Å². The quantitative estimate of drug-likeness (QED) is 0.545. The molecule has 4 nitrogen and oxygen atoms in total. The van der Waals surface area contributed by atoms with Gasteiger partial charge in [-0.3, -0.25) is 4.79 Å². The molecule has 0 bridgehead atoms. The molecule has 0 saturated heterocycles. The topological polar surface area (TPSA) is 50.7 Å². The Bertz CT molecular complexity index is 699. The van der Waals surface area contributed by atoms with E-state index in [-0.39, 0.29) is 5.91 Å². The van der Waals surface area contributed by atoms with Crippen molar-refractivity contribution in [1.29, 1.82) is 0 Å². The van der Waals surface area contributed by atoms with E-state index in [1.165, 1.54) is 0 Å². The van der Waals surface area contributed by atoms with E-state index in [4.69, 9.17) is 4.74 Å². The SMILES string of the molecule is C=C(C)C1CC=C(C)/C(=N/NC(=O)c2ccc(OCCC(C)C)cc2)C1. The summed E-state index contributed by atoms with van der Waals surface area (Å²) >= 11 is 0. The van der Waals surface area contributed by atoms with E-state index in [9.17, 15) is 4.79 Å². The Morgan fingerprint density at radius 1 is 1.35 bits per heavy atom. The summed E-state index contributed by atoms with van der Waals surface area (Å²) in [6.45, 7) is 13.1. The third-order valence-corrected chi connectivity index (χ3v) is 4.67. The summed E-state index contributed by atoms with van der Waals surface area (Å²) in [6, 6.07) is 7.18. The van der Waals surface area contributed by atoms with Gasteiger partial charge in [-0.05, 0) is 74.8 Å². The Morgan fingerprint density at radius 2 is 2.04 bits per heavy atom. The minimum absolute atomic E-state index is 0.212. The van der Waals surface area contributed by atoms with Crippen molar-refractivity contribution < 1.29 is 9.53 Å². The lowest BCUT2D eigenvalue weighted by molar-refractivity contribution is 0.0954. The van der Waals surface area contributed by atoms with Gasteiger partial charge in [0.25, 0.3) is 5.91 Å². The van der Waals surface area contributed by atoms with Gasteiger partial charge in [-0.2, -0.15) is 5.10 Å². The van der Waals surface area contributed by atoms with Gasteiger partial charge in [0.15, 0.2) is 0 Å². The van der Waals surface area contributed by atoms with E-state index in [1.54, 1.807) is 12.1 Å². The minimum atomic E-state index is -0.212. The largest absolute Gasteiger partial charge is 0.494 e. The molecule has 1 aromatic rings. The number of ether oxygens (including phenoxy) is 1. The van der Waals surface area contributed by atoms with Crippen molar-refractivity contribution in [2.24, 2.45) is 16.9 Å². The summed E-state index contributed by atoms with van der Waals surface area (Å²) in [7, 11) is 0. The molecule has 26 heavy (non-hydrogen) atoms. The van der Waals surface area contributed by atoms with Crippen LogP contribution in [0.5, 0.6) is 5.75 Å². The van der Waals surface area contributed by atoms with Crippen molar-refractivity contribution in [3.8, 4) is 5.75 Å². The molecule has 140 valence electrons. The second-order valence-electron chi connectivity index (χ2n) is 7.43. The summed E-state index contributed by atoms with van der Waals surface area (Å²) in [4.78, 5) is 12.3. The lowest BCUT2D eigenvalue weighted by atomic mass is 9.85. The molecule has 1 N–H and O–H groups in total. The molecule has 1 atom stereocenters. The van der Waals surface area contributed by atoms with Gasteiger partial charge in [0.05, 0.1) is 12.3 Å². The fourth-order valence-electron chi connectivity index (χ4n) is 2.72. The molecule has 0 aromatic heterocycles. The fraction of sp³-hybridized carbons (Fsp3) is 0.455. The van der Waals surface area contributed by atoms with Gasteiger partial charge >= 0.3 is 0 Å². The van der Waals surface area contributed by atoms with Crippen molar-refractivity contribution in [2.45, 2.75) is 47.0 Å². The third kappa shape index (κ3) is 5.87. The van der Waals surface area contributed by atoms with Crippen LogP contribution in [0.25, 0.3) is 0 Å². The van der Waals surface area contributed by atoms with Gasteiger partial charge < -0.3 is 4.74 Å². The van der Waals surface area contributed by atoms with Crippen LogP contribution in [0.3, 0.4) is 0 Å². The third-order valence-electron chi connectivity index (χ3n) is 4.67. The number of carbonyl (C=O) groups excluding carboxylic acids is 1. The molecular weight excluding hydrogens is 324 g/mol. The maximum atomic E-state index is 12.3. The van der Waals surface area contributed by atoms with Crippen LogP contribution in [0.1, 0.15) is 57.3 Å². The van der Waals surface area contributed by atoms with Crippen molar-refractivity contribution >= 4 is 11.6 Å². The molecule has 1 unspecified atom stereocenters. The molecule has 0 fully saturated rings. The highest BCUT2D eigenvalue weighted by atomic mass is 16.5. The number of benzene rings is 1. The Kier molecular flexibility index (Phi) is 7.19. The zero-order chi connectivity index (χ0) is 19.1. The van der Waals surface area contributed by atoms with Gasteiger partial charge in [0.1, 0.15) is 5.75 Å². The first-order valence-corrected chi connectivity index (χ1v) is 9.29. The van der Waals surface area contributed by atoms with Crippen LogP contribution < -0.4 is 10.2 Å². The number of hydrazone groups is 1. The Morgan fingerprint density at radius 3 is 2.65 bits per heavy atom. The molecule has 4 heteroatoms. The molecule has 0 saturated carbocycles. The molecule has 0 aliphatic heterocycles. The predicted octanol–water partition coefficient (Wildman–Crippen LogP) is 5.13. The smallest absolute Gasteiger partial charge is 0.271 e. The zero-order valence-corrected chi connectivity index (χ0v) is 16.3. The lowest BCUT2D eigenvalue weighted by Crippen LogP contribution is -2.23. The van der Waals surface area contributed by atoms with Crippen LogP contribution in [0, 0.1) is 11.8 Å².